The largest absolute Gasteiger partial charge is 0.387 e. The maximum atomic E-state index is 9.61. The van der Waals surface area contributed by atoms with Crippen molar-refractivity contribution in [1.29, 1.82) is 0 Å². The van der Waals surface area contributed by atoms with Crippen molar-refractivity contribution in [3.8, 4) is 0 Å². The van der Waals surface area contributed by atoms with Crippen LogP contribution in [0, 0.1) is 0 Å². The summed E-state index contributed by atoms with van der Waals surface area (Å²) in [5, 5.41) is 9.61. The predicted octanol–water partition coefficient (Wildman–Crippen LogP) is 2.54. The number of hydrogen-bond acceptors (Lipinski definition) is 3. The fraction of sp³-hybridized carbons (Fsp3) is 0.462. The van der Waals surface area contributed by atoms with E-state index < -0.39 is 6.10 Å². The first-order chi connectivity index (χ1) is 7.54. The predicted molar refractivity (Wildman–Crippen MR) is 67.6 cm³/mol. The number of aromatic nitrogens is 1. The highest BCUT2D eigenvalue weighted by atomic mass is 16.3. The number of likely N-dealkylation sites (N-methyl/N-ethyl adjacent to an activating group) is 1. The van der Waals surface area contributed by atoms with Crippen LogP contribution in [0.5, 0.6) is 0 Å². The van der Waals surface area contributed by atoms with Gasteiger partial charge in [-0.2, -0.15) is 0 Å². The summed E-state index contributed by atoms with van der Waals surface area (Å²) in [6, 6.07) is 3.85. The van der Waals surface area contributed by atoms with Crippen molar-refractivity contribution in [3.63, 3.8) is 0 Å². The van der Waals surface area contributed by atoms with E-state index >= 15 is 0 Å². The van der Waals surface area contributed by atoms with Gasteiger partial charge in [-0.3, -0.25) is 4.98 Å². The van der Waals surface area contributed by atoms with E-state index in [2.05, 4.69) is 16.5 Å². The van der Waals surface area contributed by atoms with E-state index in [0.717, 1.165) is 23.5 Å². The quantitative estimate of drug-likeness (QED) is 0.775. The highest BCUT2D eigenvalue weighted by molar-refractivity contribution is 5.44. The van der Waals surface area contributed by atoms with Gasteiger partial charge in [-0.05, 0) is 25.5 Å². The molecular weight excluding hydrogens is 200 g/mol. The number of pyridine rings is 1. The molecule has 1 heterocycles. The molecule has 1 aromatic rings. The molecule has 0 aromatic carbocycles. The molecule has 0 amide bonds. The van der Waals surface area contributed by atoms with Crippen molar-refractivity contribution >= 4 is 5.69 Å². The Hall–Kier alpha value is -1.35. The molecule has 0 saturated carbocycles. The fourth-order valence-corrected chi connectivity index (χ4v) is 1.53. The van der Waals surface area contributed by atoms with Crippen LogP contribution in [0.25, 0.3) is 0 Å². The molecular formula is C13H20N2O. The molecule has 1 N–H and O–H groups in total. The zero-order valence-electron chi connectivity index (χ0n) is 10.3. The van der Waals surface area contributed by atoms with E-state index in [9.17, 15) is 5.11 Å². The average Bonchev–Trinajstić information content (AvgIpc) is 2.27. The summed E-state index contributed by atoms with van der Waals surface area (Å²) in [5.41, 5.74) is 2.88. The standard InChI is InChI=1S/C13H20N2O/c1-5-13(16)12-7-6-11(8-14-12)15(4)9-10(2)3/h6-8,13,16H,2,5,9H2,1,3-4H3/t13-/m0/s1. The van der Waals surface area contributed by atoms with E-state index in [4.69, 9.17) is 0 Å². The van der Waals surface area contributed by atoms with Gasteiger partial charge >= 0.3 is 0 Å². The smallest absolute Gasteiger partial charge is 0.0957 e. The molecule has 3 heteroatoms. The van der Waals surface area contributed by atoms with Gasteiger partial charge in [0.25, 0.3) is 0 Å². The molecule has 16 heavy (non-hydrogen) atoms. The van der Waals surface area contributed by atoms with Gasteiger partial charge in [0.05, 0.1) is 23.7 Å². The molecule has 0 radical (unpaired) electrons. The average molecular weight is 220 g/mol. The molecule has 1 aromatic heterocycles. The second kappa shape index (κ2) is 5.66. The summed E-state index contributed by atoms with van der Waals surface area (Å²) in [5.74, 6) is 0. The Bertz CT molecular complexity index is 345. The highest BCUT2D eigenvalue weighted by Gasteiger charge is 2.07. The van der Waals surface area contributed by atoms with E-state index in [0.29, 0.717) is 6.42 Å². The molecule has 3 nitrogen and oxygen atoms in total. The number of rotatable bonds is 5. The topological polar surface area (TPSA) is 36.4 Å². The molecule has 0 aliphatic rings. The zero-order valence-corrected chi connectivity index (χ0v) is 10.3. The van der Waals surface area contributed by atoms with Crippen LogP contribution in [0.1, 0.15) is 32.1 Å². The number of nitrogens with zero attached hydrogens (tertiary/aromatic N) is 2. The first-order valence-electron chi connectivity index (χ1n) is 5.54. The SMILES string of the molecule is C=C(C)CN(C)c1ccc([C@@H](O)CC)nc1. The van der Waals surface area contributed by atoms with Crippen molar-refractivity contribution in [2.45, 2.75) is 26.4 Å². The van der Waals surface area contributed by atoms with E-state index in [1.54, 1.807) is 6.20 Å². The van der Waals surface area contributed by atoms with Crippen LogP contribution in [-0.2, 0) is 0 Å². The van der Waals surface area contributed by atoms with Crippen LogP contribution in [0.15, 0.2) is 30.5 Å². The molecule has 0 saturated heterocycles. The second-order valence-electron chi connectivity index (χ2n) is 4.18. The van der Waals surface area contributed by atoms with Crippen molar-refractivity contribution in [1.82, 2.24) is 4.98 Å². The molecule has 1 rings (SSSR count). The van der Waals surface area contributed by atoms with Gasteiger partial charge in [0, 0.05) is 13.6 Å². The molecule has 0 bridgehead atoms. The first-order valence-corrected chi connectivity index (χ1v) is 5.54. The Morgan fingerprint density at radius 1 is 1.56 bits per heavy atom. The van der Waals surface area contributed by atoms with Gasteiger partial charge in [0.15, 0.2) is 0 Å². The number of hydrogen-bond donors (Lipinski definition) is 1. The summed E-state index contributed by atoms with van der Waals surface area (Å²) in [7, 11) is 2.00. The Balaban J connectivity index is 2.74. The minimum atomic E-state index is -0.458. The molecule has 1 atom stereocenters. The fourth-order valence-electron chi connectivity index (χ4n) is 1.53. The van der Waals surface area contributed by atoms with Crippen LogP contribution in [0.2, 0.25) is 0 Å². The van der Waals surface area contributed by atoms with Crippen LogP contribution in [0.4, 0.5) is 5.69 Å². The third-order valence-electron chi connectivity index (χ3n) is 2.45. The van der Waals surface area contributed by atoms with Crippen LogP contribution >= 0.6 is 0 Å². The normalized spacial score (nSPS) is 12.2. The first kappa shape index (κ1) is 12.7. The van der Waals surface area contributed by atoms with Crippen LogP contribution < -0.4 is 4.90 Å². The lowest BCUT2D eigenvalue weighted by Crippen LogP contribution is -2.19. The maximum Gasteiger partial charge on any atom is 0.0957 e. The Labute approximate surface area is 97.4 Å². The lowest BCUT2D eigenvalue weighted by molar-refractivity contribution is 0.169. The lowest BCUT2D eigenvalue weighted by Gasteiger charge is -2.19. The van der Waals surface area contributed by atoms with Crippen LogP contribution in [0.3, 0.4) is 0 Å². The Morgan fingerprint density at radius 3 is 2.69 bits per heavy atom. The zero-order chi connectivity index (χ0) is 12.1. The summed E-state index contributed by atoms with van der Waals surface area (Å²) >= 11 is 0. The Morgan fingerprint density at radius 2 is 2.25 bits per heavy atom. The minimum Gasteiger partial charge on any atom is -0.387 e. The molecule has 0 spiro atoms. The second-order valence-corrected chi connectivity index (χ2v) is 4.18. The number of aliphatic hydroxyl groups excluding tert-OH is 1. The van der Waals surface area contributed by atoms with Crippen molar-refractivity contribution in [3.05, 3.63) is 36.2 Å². The summed E-state index contributed by atoms with van der Waals surface area (Å²) in [6.45, 7) is 8.63. The van der Waals surface area contributed by atoms with Gasteiger partial charge in [0.2, 0.25) is 0 Å². The van der Waals surface area contributed by atoms with Gasteiger partial charge < -0.3 is 10.0 Å². The van der Waals surface area contributed by atoms with Gasteiger partial charge in [-0.1, -0.05) is 19.1 Å². The van der Waals surface area contributed by atoms with Gasteiger partial charge in [0.1, 0.15) is 0 Å². The molecule has 0 unspecified atom stereocenters. The molecule has 0 fully saturated rings. The highest BCUT2D eigenvalue weighted by Crippen LogP contribution is 2.17. The monoisotopic (exact) mass is 220 g/mol. The van der Waals surface area contributed by atoms with Gasteiger partial charge in [-0.15, -0.1) is 0 Å². The van der Waals surface area contributed by atoms with Crippen LogP contribution in [-0.4, -0.2) is 23.7 Å². The van der Waals surface area contributed by atoms with Crippen molar-refractivity contribution in [2.24, 2.45) is 0 Å². The van der Waals surface area contributed by atoms with E-state index in [1.807, 2.05) is 33.0 Å². The minimum absolute atomic E-state index is 0.458. The summed E-state index contributed by atoms with van der Waals surface area (Å²) < 4.78 is 0. The summed E-state index contributed by atoms with van der Waals surface area (Å²) in [6.07, 6.45) is 2.02. The third-order valence-corrected chi connectivity index (χ3v) is 2.45. The maximum absolute atomic E-state index is 9.61. The third kappa shape index (κ3) is 3.35. The van der Waals surface area contributed by atoms with E-state index in [-0.39, 0.29) is 0 Å². The number of anilines is 1. The molecule has 0 aliphatic heterocycles. The van der Waals surface area contributed by atoms with E-state index in [1.165, 1.54) is 0 Å². The lowest BCUT2D eigenvalue weighted by atomic mass is 10.2. The number of aliphatic hydroxyl groups is 1. The summed E-state index contributed by atoms with van der Waals surface area (Å²) in [4.78, 5) is 6.34. The van der Waals surface area contributed by atoms with Gasteiger partial charge in [-0.25, -0.2) is 0 Å². The molecule has 0 aliphatic carbocycles. The van der Waals surface area contributed by atoms with Crippen molar-refractivity contribution < 1.29 is 5.11 Å². The van der Waals surface area contributed by atoms with Crippen molar-refractivity contribution in [2.75, 3.05) is 18.5 Å². The molecule has 88 valence electrons. The Kier molecular flexibility index (Phi) is 4.50.